The lowest BCUT2D eigenvalue weighted by atomic mass is 10.1. The van der Waals surface area contributed by atoms with Crippen LogP contribution < -0.4 is 11.1 Å². The zero-order valence-electron chi connectivity index (χ0n) is 12.6. The van der Waals surface area contributed by atoms with Crippen molar-refractivity contribution in [1.29, 1.82) is 0 Å². The van der Waals surface area contributed by atoms with Crippen LogP contribution in [0.1, 0.15) is 37.7 Å². The van der Waals surface area contributed by atoms with Crippen molar-refractivity contribution in [2.45, 2.75) is 44.6 Å². The maximum atomic E-state index is 11.7. The number of rotatable bonds is 10. The predicted octanol–water partition coefficient (Wildman–Crippen LogP) is 2.31. The molecule has 0 aliphatic heterocycles. The highest BCUT2D eigenvalue weighted by Gasteiger charge is 2.10. The van der Waals surface area contributed by atoms with Crippen LogP contribution in [0.25, 0.3) is 0 Å². The Hall–Kier alpha value is -1.15. The van der Waals surface area contributed by atoms with Crippen LogP contribution in [0.2, 0.25) is 0 Å². The summed E-state index contributed by atoms with van der Waals surface area (Å²) in [6.45, 7) is 0.578. The number of carbonyl (C=O) groups is 2. The Morgan fingerprint density at radius 2 is 1.86 bits per heavy atom. The highest BCUT2D eigenvalue weighted by molar-refractivity contribution is 14.1. The largest absolute Gasteiger partial charge is 0.480 e. The Balaban J connectivity index is 2.04. The fraction of sp³-hybridized carbons (Fsp3) is 0.500. The van der Waals surface area contributed by atoms with Crippen LogP contribution in [0, 0.1) is 3.57 Å². The number of aliphatic carboxylic acids is 1. The van der Waals surface area contributed by atoms with Crippen molar-refractivity contribution in [2.24, 2.45) is 5.73 Å². The average Bonchev–Trinajstić information content (AvgIpc) is 2.48. The van der Waals surface area contributed by atoms with Crippen LogP contribution in [0.5, 0.6) is 0 Å². The maximum absolute atomic E-state index is 11.7. The van der Waals surface area contributed by atoms with E-state index in [9.17, 15) is 9.59 Å². The first-order chi connectivity index (χ1) is 10.5. The van der Waals surface area contributed by atoms with Gasteiger partial charge in [0, 0.05) is 16.5 Å². The molecule has 4 N–H and O–H groups in total. The van der Waals surface area contributed by atoms with Crippen molar-refractivity contribution in [2.75, 3.05) is 6.54 Å². The Bertz CT molecular complexity index is 477. The van der Waals surface area contributed by atoms with Crippen molar-refractivity contribution in [1.82, 2.24) is 5.32 Å². The second-order valence-electron chi connectivity index (χ2n) is 5.27. The molecule has 1 amide bonds. The molecule has 0 saturated heterocycles. The molecular weight excluding hydrogens is 391 g/mol. The lowest BCUT2D eigenvalue weighted by molar-refractivity contribution is -0.138. The van der Waals surface area contributed by atoms with E-state index in [2.05, 4.69) is 52.2 Å². The third kappa shape index (κ3) is 8.33. The highest BCUT2D eigenvalue weighted by Crippen LogP contribution is 2.09. The molecule has 5 nitrogen and oxygen atoms in total. The summed E-state index contributed by atoms with van der Waals surface area (Å²) in [7, 11) is 0. The number of benzene rings is 1. The summed E-state index contributed by atoms with van der Waals surface area (Å²) in [5.41, 5.74) is 6.65. The van der Waals surface area contributed by atoms with Crippen molar-refractivity contribution >= 4 is 34.5 Å². The molecule has 0 aromatic heterocycles. The van der Waals surface area contributed by atoms with E-state index in [1.807, 2.05) is 0 Å². The van der Waals surface area contributed by atoms with Crippen molar-refractivity contribution < 1.29 is 14.7 Å². The summed E-state index contributed by atoms with van der Waals surface area (Å²) in [6, 6.07) is 7.51. The van der Waals surface area contributed by atoms with Crippen molar-refractivity contribution in [3.63, 3.8) is 0 Å². The van der Waals surface area contributed by atoms with Crippen LogP contribution >= 0.6 is 22.6 Å². The summed E-state index contributed by atoms with van der Waals surface area (Å²) in [5.74, 6) is -0.923. The highest BCUT2D eigenvalue weighted by atomic mass is 123. The monoisotopic (exact) mass is 414 g/mol. The molecule has 1 rings (SSSR count). The zero-order valence-corrected chi connectivity index (χ0v) is 14.7. The first-order valence-corrected chi connectivity index (χ1v) is 8.56. The molecule has 1 atom stereocenters. The number of nitrogens with two attached hydrogens (primary N) is 1. The molecule has 22 heavy (non-hydrogen) atoms. The molecule has 0 saturated carbocycles. The molecule has 1 aromatic carbocycles. The second kappa shape index (κ2) is 10.6. The van der Waals surface area contributed by atoms with E-state index in [1.165, 1.54) is 9.13 Å². The van der Waals surface area contributed by atoms with Gasteiger partial charge in [-0.25, -0.2) is 0 Å². The molecule has 0 bridgehead atoms. The summed E-state index contributed by atoms with van der Waals surface area (Å²) in [6.07, 6.45) is 4.15. The fourth-order valence-electron chi connectivity index (χ4n) is 2.03. The Labute approximate surface area is 144 Å². The topological polar surface area (TPSA) is 92.4 Å². The smallest absolute Gasteiger partial charge is 0.320 e. The van der Waals surface area contributed by atoms with Crippen LogP contribution in [-0.4, -0.2) is 29.6 Å². The summed E-state index contributed by atoms with van der Waals surface area (Å²) in [4.78, 5) is 22.2. The van der Waals surface area contributed by atoms with Gasteiger partial charge in [0.25, 0.3) is 0 Å². The fourth-order valence-corrected chi connectivity index (χ4v) is 2.39. The molecular formula is C16H23IN2O3. The van der Waals surface area contributed by atoms with Crippen LogP contribution in [0.15, 0.2) is 24.3 Å². The Kier molecular flexibility index (Phi) is 9.07. The zero-order chi connectivity index (χ0) is 16.4. The van der Waals surface area contributed by atoms with E-state index in [0.717, 1.165) is 19.3 Å². The van der Waals surface area contributed by atoms with E-state index in [4.69, 9.17) is 10.8 Å². The van der Waals surface area contributed by atoms with E-state index >= 15 is 0 Å². The van der Waals surface area contributed by atoms with Gasteiger partial charge in [-0.15, -0.1) is 0 Å². The van der Waals surface area contributed by atoms with E-state index in [0.29, 0.717) is 25.8 Å². The van der Waals surface area contributed by atoms with Gasteiger partial charge >= 0.3 is 5.97 Å². The van der Waals surface area contributed by atoms with Gasteiger partial charge in [-0.3, -0.25) is 9.59 Å². The molecule has 1 aromatic rings. The maximum Gasteiger partial charge on any atom is 0.320 e. The van der Waals surface area contributed by atoms with E-state index < -0.39 is 12.0 Å². The quantitative estimate of drug-likeness (QED) is 0.405. The molecule has 0 heterocycles. The number of amides is 1. The summed E-state index contributed by atoms with van der Waals surface area (Å²) < 4.78 is 1.21. The number of nitrogens with one attached hydrogen (secondary N) is 1. The standard InChI is InChI=1S/C16H23IN2O3/c17-13-9-7-12(8-10-13)4-3-6-15(20)19-11-2-1-5-14(18)16(21)22/h7-10,14H,1-6,11,18H2,(H,19,20)(H,21,22)/t14-/m0/s1/i17-4. The first-order valence-electron chi connectivity index (χ1n) is 7.48. The lowest BCUT2D eigenvalue weighted by Crippen LogP contribution is -2.30. The van der Waals surface area contributed by atoms with Gasteiger partial charge in [0.2, 0.25) is 5.91 Å². The van der Waals surface area contributed by atoms with Gasteiger partial charge in [0.05, 0.1) is 0 Å². The van der Waals surface area contributed by atoms with Crippen molar-refractivity contribution in [3.8, 4) is 0 Å². The lowest BCUT2D eigenvalue weighted by Gasteiger charge is -2.07. The van der Waals surface area contributed by atoms with Crippen LogP contribution in [0.4, 0.5) is 0 Å². The number of carbonyl (C=O) groups excluding carboxylic acids is 1. The number of unbranched alkanes of at least 4 members (excludes halogenated alkanes) is 1. The van der Waals surface area contributed by atoms with E-state index in [1.54, 1.807) is 0 Å². The number of aryl methyl sites for hydroxylation is 1. The molecule has 0 spiro atoms. The van der Waals surface area contributed by atoms with Gasteiger partial charge in [-0.2, -0.15) is 0 Å². The molecule has 0 aliphatic rings. The van der Waals surface area contributed by atoms with E-state index in [-0.39, 0.29) is 5.91 Å². The van der Waals surface area contributed by atoms with Gasteiger partial charge in [-0.1, -0.05) is 12.1 Å². The first kappa shape index (κ1) is 18.9. The van der Waals surface area contributed by atoms with Gasteiger partial charge < -0.3 is 16.2 Å². The molecule has 122 valence electrons. The third-order valence-corrected chi connectivity index (χ3v) is 4.08. The average molecular weight is 414 g/mol. The normalized spacial score (nSPS) is 11.9. The van der Waals surface area contributed by atoms with Gasteiger partial charge in [-0.05, 0) is 72.4 Å². The molecule has 0 fully saturated rings. The number of hydrogen-bond donors (Lipinski definition) is 3. The van der Waals surface area contributed by atoms with Crippen LogP contribution in [-0.2, 0) is 16.0 Å². The summed E-state index contributed by atoms with van der Waals surface area (Å²) in [5, 5.41) is 11.5. The van der Waals surface area contributed by atoms with Crippen molar-refractivity contribution in [3.05, 3.63) is 33.4 Å². The molecule has 0 unspecified atom stereocenters. The SMILES string of the molecule is N[C@@H](CCCCNC(=O)CCCc1ccc([123I])cc1)C(=O)O. The Morgan fingerprint density at radius 1 is 1.18 bits per heavy atom. The summed E-state index contributed by atoms with van der Waals surface area (Å²) >= 11 is 2.27. The van der Waals surface area contributed by atoms with Gasteiger partial charge in [0.15, 0.2) is 0 Å². The molecule has 6 heteroatoms. The minimum atomic E-state index is -0.973. The minimum absolute atomic E-state index is 0.0491. The second-order valence-corrected chi connectivity index (χ2v) is 6.52. The van der Waals surface area contributed by atoms with Gasteiger partial charge in [0.1, 0.15) is 6.04 Å². The number of carboxylic acids is 1. The Morgan fingerprint density at radius 3 is 2.50 bits per heavy atom. The van der Waals surface area contributed by atoms with Crippen LogP contribution in [0.3, 0.4) is 0 Å². The molecule has 0 aliphatic carbocycles. The third-order valence-electron chi connectivity index (χ3n) is 3.36. The predicted molar refractivity (Wildman–Crippen MR) is 94.6 cm³/mol. The number of carboxylic acid groups (broad SMARTS) is 1. The number of halogens is 1. The number of hydrogen-bond acceptors (Lipinski definition) is 3. The minimum Gasteiger partial charge on any atom is -0.480 e. The molecule has 0 radical (unpaired) electrons.